The van der Waals surface area contributed by atoms with Crippen LogP contribution in [0.3, 0.4) is 0 Å². The summed E-state index contributed by atoms with van der Waals surface area (Å²) < 4.78 is 38.6. The highest BCUT2D eigenvalue weighted by molar-refractivity contribution is 5.97. The molecule has 0 heterocycles. The van der Waals surface area contributed by atoms with E-state index < -0.39 is 28.9 Å². The lowest BCUT2D eigenvalue weighted by molar-refractivity contribution is -0.121. The number of carbonyl (C=O) groups is 1. The SMILES string of the molecule is CCNC(C)(C)C(=O)Nc1cc(F)c(F)c(F)c1. The van der Waals surface area contributed by atoms with Gasteiger partial charge in [0, 0.05) is 17.8 Å². The number of amides is 1. The van der Waals surface area contributed by atoms with Crippen molar-refractivity contribution in [1.29, 1.82) is 0 Å². The summed E-state index contributed by atoms with van der Waals surface area (Å²) in [5.74, 6) is -4.70. The first-order valence-electron chi connectivity index (χ1n) is 5.49. The minimum absolute atomic E-state index is 0.123. The van der Waals surface area contributed by atoms with E-state index >= 15 is 0 Å². The zero-order valence-corrected chi connectivity index (χ0v) is 10.4. The molecule has 0 bridgehead atoms. The maximum absolute atomic E-state index is 13.0. The predicted octanol–water partition coefficient (Wildman–Crippen LogP) is 2.43. The highest BCUT2D eigenvalue weighted by Crippen LogP contribution is 2.18. The molecule has 0 radical (unpaired) electrons. The monoisotopic (exact) mass is 260 g/mol. The Morgan fingerprint density at radius 3 is 2.17 bits per heavy atom. The third kappa shape index (κ3) is 3.22. The van der Waals surface area contributed by atoms with Crippen LogP contribution in [0.5, 0.6) is 0 Å². The number of rotatable bonds is 4. The van der Waals surface area contributed by atoms with Gasteiger partial charge in [0.2, 0.25) is 5.91 Å². The molecule has 0 atom stereocenters. The smallest absolute Gasteiger partial charge is 0.244 e. The lowest BCUT2D eigenvalue weighted by Gasteiger charge is -2.24. The van der Waals surface area contributed by atoms with E-state index in [9.17, 15) is 18.0 Å². The Morgan fingerprint density at radius 2 is 1.72 bits per heavy atom. The average molecular weight is 260 g/mol. The third-order valence-corrected chi connectivity index (χ3v) is 2.43. The molecule has 0 saturated heterocycles. The Labute approximate surface area is 103 Å². The second kappa shape index (κ2) is 5.39. The second-order valence-electron chi connectivity index (χ2n) is 4.36. The summed E-state index contributed by atoms with van der Waals surface area (Å²) in [5, 5.41) is 5.24. The van der Waals surface area contributed by atoms with Gasteiger partial charge in [-0.2, -0.15) is 0 Å². The number of hydrogen-bond acceptors (Lipinski definition) is 2. The summed E-state index contributed by atoms with van der Waals surface area (Å²) in [7, 11) is 0. The Kier molecular flexibility index (Phi) is 4.34. The third-order valence-electron chi connectivity index (χ3n) is 2.43. The van der Waals surface area contributed by atoms with E-state index in [-0.39, 0.29) is 5.69 Å². The van der Waals surface area contributed by atoms with Gasteiger partial charge >= 0.3 is 0 Å². The van der Waals surface area contributed by atoms with Gasteiger partial charge in [0.25, 0.3) is 0 Å². The minimum Gasteiger partial charge on any atom is -0.324 e. The maximum Gasteiger partial charge on any atom is 0.244 e. The molecule has 0 aliphatic carbocycles. The lowest BCUT2D eigenvalue weighted by Crippen LogP contribution is -2.49. The zero-order valence-electron chi connectivity index (χ0n) is 10.4. The molecule has 18 heavy (non-hydrogen) atoms. The van der Waals surface area contributed by atoms with Crippen LogP contribution in [0, 0.1) is 17.5 Å². The van der Waals surface area contributed by atoms with Crippen molar-refractivity contribution in [1.82, 2.24) is 5.32 Å². The Balaban J connectivity index is 2.89. The van der Waals surface area contributed by atoms with Crippen LogP contribution in [0.1, 0.15) is 20.8 Å². The molecular weight excluding hydrogens is 245 g/mol. The first-order valence-corrected chi connectivity index (χ1v) is 5.49. The number of halogens is 3. The van der Waals surface area contributed by atoms with E-state index in [0.29, 0.717) is 6.54 Å². The summed E-state index contributed by atoms with van der Waals surface area (Å²) in [4.78, 5) is 11.8. The summed E-state index contributed by atoms with van der Waals surface area (Å²) in [6.07, 6.45) is 0. The number of benzene rings is 1. The van der Waals surface area contributed by atoms with Crippen molar-refractivity contribution in [2.45, 2.75) is 26.3 Å². The van der Waals surface area contributed by atoms with Crippen LogP contribution in [0.2, 0.25) is 0 Å². The topological polar surface area (TPSA) is 41.1 Å². The van der Waals surface area contributed by atoms with Crippen molar-refractivity contribution in [3.8, 4) is 0 Å². The van der Waals surface area contributed by atoms with Gasteiger partial charge in [-0.05, 0) is 20.4 Å². The fourth-order valence-corrected chi connectivity index (χ4v) is 1.44. The van der Waals surface area contributed by atoms with Gasteiger partial charge in [-0.15, -0.1) is 0 Å². The van der Waals surface area contributed by atoms with Crippen LogP contribution in [0.15, 0.2) is 12.1 Å². The van der Waals surface area contributed by atoms with Crippen LogP contribution in [0.25, 0.3) is 0 Å². The number of nitrogens with one attached hydrogen (secondary N) is 2. The largest absolute Gasteiger partial charge is 0.324 e. The highest BCUT2D eigenvalue weighted by Gasteiger charge is 2.26. The van der Waals surface area contributed by atoms with E-state index in [1.165, 1.54) is 0 Å². The summed E-state index contributed by atoms with van der Waals surface area (Å²) >= 11 is 0. The number of likely N-dealkylation sites (N-methyl/N-ethyl adjacent to an activating group) is 1. The molecule has 1 aromatic carbocycles. The van der Waals surface area contributed by atoms with Gasteiger partial charge in [0.15, 0.2) is 17.5 Å². The van der Waals surface area contributed by atoms with Gasteiger partial charge in [0.1, 0.15) is 0 Å². The van der Waals surface area contributed by atoms with E-state index in [0.717, 1.165) is 12.1 Å². The molecule has 3 nitrogen and oxygen atoms in total. The second-order valence-corrected chi connectivity index (χ2v) is 4.36. The molecule has 0 unspecified atom stereocenters. The van der Waals surface area contributed by atoms with Crippen LogP contribution in [-0.2, 0) is 4.79 Å². The number of anilines is 1. The number of hydrogen-bond donors (Lipinski definition) is 2. The molecule has 1 amide bonds. The first kappa shape index (κ1) is 14.5. The predicted molar refractivity (Wildman–Crippen MR) is 62.7 cm³/mol. The summed E-state index contributed by atoms with van der Waals surface area (Å²) in [5.41, 5.74) is -1.02. The van der Waals surface area contributed by atoms with E-state index in [2.05, 4.69) is 10.6 Å². The molecule has 6 heteroatoms. The average Bonchev–Trinajstić information content (AvgIpc) is 2.25. The fourth-order valence-electron chi connectivity index (χ4n) is 1.44. The maximum atomic E-state index is 13.0. The van der Waals surface area contributed by atoms with Gasteiger partial charge in [-0.25, -0.2) is 13.2 Å². The molecule has 2 N–H and O–H groups in total. The van der Waals surface area contributed by atoms with Crippen molar-refractivity contribution in [2.75, 3.05) is 11.9 Å². The van der Waals surface area contributed by atoms with Gasteiger partial charge in [-0.3, -0.25) is 4.79 Å². The minimum atomic E-state index is -1.56. The molecule has 1 aromatic rings. The van der Waals surface area contributed by atoms with Crippen molar-refractivity contribution in [3.63, 3.8) is 0 Å². The Bertz CT molecular complexity index is 438. The lowest BCUT2D eigenvalue weighted by atomic mass is 10.0. The molecule has 0 saturated carbocycles. The van der Waals surface area contributed by atoms with Crippen LogP contribution in [-0.4, -0.2) is 18.0 Å². The van der Waals surface area contributed by atoms with Crippen LogP contribution in [0.4, 0.5) is 18.9 Å². The normalized spacial score (nSPS) is 11.4. The molecule has 0 fully saturated rings. The van der Waals surface area contributed by atoms with Crippen molar-refractivity contribution in [3.05, 3.63) is 29.6 Å². The van der Waals surface area contributed by atoms with Gasteiger partial charge in [-0.1, -0.05) is 6.92 Å². The quantitative estimate of drug-likeness (QED) is 0.816. The van der Waals surface area contributed by atoms with Crippen molar-refractivity contribution >= 4 is 11.6 Å². The molecule has 0 aliphatic rings. The summed E-state index contributed by atoms with van der Waals surface area (Å²) in [6.45, 7) is 5.64. The fraction of sp³-hybridized carbons (Fsp3) is 0.417. The van der Waals surface area contributed by atoms with Crippen LogP contribution < -0.4 is 10.6 Å². The molecule has 0 spiro atoms. The van der Waals surface area contributed by atoms with E-state index in [4.69, 9.17) is 0 Å². The van der Waals surface area contributed by atoms with Crippen LogP contribution >= 0.6 is 0 Å². The van der Waals surface area contributed by atoms with Gasteiger partial charge in [0.05, 0.1) is 5.54 Å². The first-order chi connectivity index (χ1) is 8.27. The van der Waals surface area contributed by atoms with Gasteiger partial charge < -0.3 is 10.6 Å². The molecular formula is C12H15F3N2O. The molecule has 0 aliphatic heterocycles. The van der Waals surface area contributed by atoms with Crippen molar-refractivity contribution < 1.29 is 18.0 Å². The molecule has 0 aromatic heterocycles. The Morgan fingerprint density at radius 1 is 1.22 bits per heavy atom. The standard InChI is InChI=1S/C12H15F3N2O/c1-4-16-12(2,3)11(18)17-7-5-8(13)10(15)9(14)6-7/h5-6,16H,4H2,1-3H3,(H,17,18). The Hall–Kier alpha value is -1.56. The zero-order chi connectivity index (χ0) is 13.9. The highest BCUT2D eigenvalue weighted by atomic mass is 19.2. The molecule has 100 valence electrons. The summed E-state index contributed by atoms with van der Waals surface area (Å²) in [6, 6.07) is 1.47. The molecule has 1 rings (SSSR count). The number of carbonyl (C=O) groups excluding carboxylic acids is 1. The van der Waals surface area contributed by atoms with E-state index in [1.807, 2.05) is 6.92 Å². The van der Waals surface area contributed by atoms with Crippen molar-refractivity contribution in [2.24, 2.45) is 0 Å². The van der Waals surface area contributed by atoms with E-state index in [1.54, 1.807) is 13.8 Å².